The van der Waals surface area contributed by atoms with Crippen molar-refractivity contribution in [1.29, 1.82) is 0 Å². The van der Waals surface area contributed by atoms with E-state index in [0.29, 0.717) is 5.52 Å². The van der Waals surface area contributed by atoms with E-state index in [1.54, 1.807) is 30.7 Å². The van der Waals surface area contributed by atoms with E-state index >= 15 is 0 Å². The van der Waals surface area contributed by atoms with E-state index in [1.165, 1.54) is 0 Å². The maximum Gasteiger partial charge on any atom is 0.141 e. The van der Waals surface area contributed by atoms with Crippen LogP contribution in [0.1, 0.15) is 0 Å². The first-order valence-corrected chi connectivity index (χ1v) is 11.1. The molecule has 0 saturated heterocycles. The summed E-state index contributed by atoms with van der Waals surface area (Å²) in [6, 6.07) is 42.8. The first-order valence-electron chi connectivity index (χ1n) is 11.1. The minimum absolute atomic E-state index is 0. The van der Waals surface area contributed by atoms with Crippen molar-refractivity contribution in [3.63, 3.8) is 0 Å². The third kappa shape index (κ3) is 7.67. The van der Waals surface area contributed by atoms with Gasteiger partial charge in [-0.2, -0.15) is 24.3 Å². The number of phenols is 1. The van der Waals surface area contributed by atoms with Gasteiger partial charge in [0.1, 0.15) is 11.3 Å². The minimum Gasteiger partial charge on any atom is -0.506 e. The molecule has 179 valence electrons. The van der Waals surface area contributed by atoms with Gasteiger partial charge in [0.25, 0.3) is 0 Å². The number of hydrogen-bond acceptors (Lipinski definition) is 4. The van der Waals surface area contributed by atoms with Crippen molar-refractivity contribution >= 4 is 10.9 Å². The first-order chi connectivity index (χ1) is 17.3. The second-order valence-corrected chi connectivity index (χ2v) is 7.34. The Hall–Kier alpha value is -4.18. The summed E-state index contributed by atoms with van der Waals surface area (Å²) in [7, 11) is 0. The summed E-state index contributed by atoms with van der Waals surface area (Å²) in [5, 5.41) is 10.3. The molecule has 3 aromatic carbocycles. The number of hydrogen-bond donors (Lipinski definition) is 1. The Labute approximate surface area is 224 Å². The van der Waals surface area contributed by atoms with Gasteiger partial charge in [0.15, 0.2) is 0 Å². The van der Waals surface area contributed by atoms with Gasteiger partial charge in [0.2, 0.25) is 0 Å². The second-order valence-electron chi connectivity index (χ2n) is 7.34. The van der Waals surface area contributed by atoms with Gasteiger partial charge >= 0.3 is 0 Å². The van der Waals surface area contributed by atoms with Crippen molar-refractivity contribution in [2.24, 2.45) is 0 Å². The predicted molar refractivity (Wildman–Crippen MR) is 140 cm³/mol. The molecule has 4 nitrogen and oxygen atoms in total. The van der Waals surface area contributed by atoms with Crippen LogP contribution in [0.15, 0.2) is 134 Å². The van der Waals surface area contributed by atoms with E-state index < -0.39 is 0 Å². The summed E-state index contributed by atoms with van der Waals surface area (Å²) in [5.41, 5.74) is 4.68. The van der Waals surface area contributed by atoms with Crippen LogP contribution in [0.25, 0.3) is 33.4 Å². The van der Waals surface area contributed by atoms with Crippen molar-refractivity contribution in [1.82, 2.24) is 15.0 Å². The molecule has 1 N–H and O–H groups in total. The van der Waals surface area contributed by atoms with Crippen molar-refractivity contribution in [3.8, 4) is 28.3 Å². The van der Waals surface area contributed by atoms with Crippen LogP contribution in [0.5, 0.6) is 5.75 Å². The van der Waals surface area contributed by atoms with Crippen molar-refractivity contribution in [2.45, 2.75) is 0 Å². The van der Waals surface area contributed by atoms with Gasteiger partial charge in [-0.1, -0.05) is 65.7 Å². The van der Waals surface area contributed by atoms with Gasteiger partial charge in [0, 0.05) is 31.7 Å². The SMILES string of the molecule is Oc1cccc2cccnc12.[Ir].[c-]1cccnc1-c1ccccc1.[c-]1cccnc1-c1ccccc1. The van der Waals surface area contributed by atoms with E-state index in [-0.39, 0.29) is 25.9 Å². The normalized spacial score (nSPS) is 9.56. The standard InChI is InChI=1S/2C11H8N.C9H7NO.Ir/c2*1-2-6-10(7-3-1)11-8-4-5-9-12-11;11-8-5-1-3-7-4-2-6-10-9(7)8;/h2*1-7,9H;1-6,11H;/q2*-1;;. The molecule has 0 bridgehead atoms. The number of pyridine rings is 3. The average Bonchev–Trinajstić information content (AvgIpc) is 2.96. The first kappa shape index (κ1) is 26.4. The van der Waals surface area contributed by atoms with Crippen LogP contribution in [0.3, 0.4) is 0 Å². The van der Waals surface area contributed by atoms with Crippen molar-refractivity contribution in [2.75, 3.05) is 0 Å². The Bertz CT molecular complexity index is 1280. The minimum atomic E-state index is 0. The van der Waals surface area contributed by atoms with Gasteiger partial charge in [-0.25, -0.2) is 0 Å². The van der Waals surface area contributed by atoms with Gasteiger partial charge < -0.3 is 5.11 Å². The van der Waals surface area contributed by atoms with Gasteiger partial charge in [-0.05, 0) is 35.9 Å². The molecule has 3 heterocycles. The Morgan fingerprint density at radius 1 is 0.500 bits per heavy atom. The van der Waals surface area contributed by atoms with E-state index in [1.807, 2.05) is 103 Å². The summed E-state index contributed by atoms with van der Waals surface area (Å²) < 4.78 is 0. The number of benzene rings is 3. The zero-order valence-electron chi connectivity index (χ0n) is 19.3. The molecule has 6 rings (SSSR count). The van der Waals surface area contributed by atoms with Crippen LogP contribution < -0.4 is 0 Å². The number of rotatable bonds is 2. The molecule has 0 atom stereocenters. The third-order valence-corrected chi connectivity index (χ3v) is 4.92. The fourth-order valence-corrected chi connectivity index (χ4v) is 3.25. The molecule has 0 spiro atoms. The second kappa shape index (κ2) is 14.3. The maximum atomic E-state index is 9.31. The van der Waals surface area contributed by atoms with Gasteiger partial charge in [-0.3, -0.25) is 15.0 Å². The van der Waals surface area contributed by atoms with E-state index in [0.717, 1.165) is 27.9 Å². The van der Waals surface area contributed by atoms with Crippen LogP contribution in [-0.2, 0) is 20.1 Å². The van der Waals surface area contributed by atoms with Crippen LogP contribution >= 0.6 is 0 Å². The molecule has 0 aliphatic heterocycles. The van der Waals surface area contributed by atoms with Crippen LogP contribution in [0.2, 0.25) is 0 Å². The number of para-hydroxylation sites is 1. The van der Waals surface area contributed by atoms with Crippen molar-refractivity contribution in [3.05, 3.63) is 146 Å². The molecular weight excluding hydrogens is 623 g/mol. The quantitative estimate of drug-likeness (QED) is 0.206. The summed E-state index contributed by atoms with van der Waals surface area (Å²) in [5.74, 6) is 0.239. The molecule has 5 heteroatoms. The fraction of sp³-hybridized carbons (Fsp3) is 0. The number of aromatic hydroxyl groups is 1. The zero-order chi connectivity index (χ0) is 24.1. The Morgan fingerprint density at radius 2 is 1.00 bits per heavy atom. The molecular formula is C31H23IrN3O-2. The average molecular weight is 646 g/mol. The molecule has 0 aliphatic carbocycles. The van der Waals surface area contributed by atoms with Crippen LogP contribution in [-0.4, -0.2) is 20.1 Å². The molecule has 36 heavy (non-hydrogen) atoms. The zero-order valence-corrected chi connectivity index (χ0v) is 21.7. The van der Waals surface area contributed by atoms with Crippen LogP contribution in [0.4, 0.5) is 0 Å². The third-order valence-electron chi connectivity index (χ3n) is 4.92. The Morgan fingerprint density at radius 3 is 1.47 bits per heavy atom. The van der Waals surface area contributed by atoms with E-state index in [2.05, 4.69) is 27.1 Å². The molecule has 6 aromatic rings. The summed E-state index contributed by atoms with van der Waals surface area (Å²) in [6.45, 7) is 0. The molecule has 1 radical (unpaired) electrons. The predicted octanol–water partition coefficient (Wildman–Crippen LogP) is 7.04. The largest absolute Gasteiger partial charge is 0.506 e. The number of phenolic OH excluding ortho intramolecular Hbond substituents is 1. The van der Waals surface area contributed by atoms with Crippen molar-refractivity contribution < 1.29 is 25.2 Å². The molecule has 0 saturated carbocycles. The van der Waals surface area contributed by atoms with E-state index in [9.17, 15) is 5.11 Å². The topological polar surface area (TPSA) is 58.9 Å². The number of aromatic nitrogens is 3. The molecule has 0 fully saturated rings. The molecule has 0 unspecified atom stereocenters. The monoisotopic (exact) mass is 646 g/mol. The maximum absolute atomic E-state index is 9.31. The molecule has 0 aliphatic rings. The van der Waals surface area contributed by atoms with Crippen LogP contribution in [0, 0.1) is 12.1 Å². The summed E-state index contributed by atoms with van der Waals surface area (Å²) >= 11 is 0. The fourth-order valence-electron chi connectivity index (χ4n) is 3.25. The number of fused-ring (bicyclic) bond motifs is 1. The van der Waals surface area contributed by atoms with E-state index in [4.69, 9.17) is 0 Å². The smallest absolute Gasteiger partial charge is 0.141 e. The molecule has 0 amide bonds. The molecule has 3 aromatic heterocycles. The van der Waals surface area contributed by atoms with Gasteiger partial charge in [-0.15, -0.1) is 36.4 Å². The Kier molecular flexibility index (Phi) is 10.5. The van der Waals surface area contributed by atoms with Gasteiger partial charge in [0.05, 0.1) is 0 Å². The Balaban J connectivity index is 0.000000149. The number of nitrogens with zero attached hydrogens (tertiary/aromatic N) is 3. The summed E-state index contributed by atoms with van der Waals surface area (Å²) in [4.78, 5) is 12.4. The summed E-state index contributed by atoms with van der Waals surface area (Å²) in [6.07, 6.45) is 5.22.